The number of anilines is 1. The lowest BCUT2D eigenvalue weighted by Crippen LogP contribution is -2.30. The van der Waals surface area contributed by atoms with Gasteiger partial charge in [-0.1, -0.05) is 42.9 Å². The molecule has 0 aliphatic heterocycles. The van der Waals surface area contributed by atoms with E-state index in [4.69, 9.17) is 21.3 Å². The van der Waals surface area contributed by atoms with E-state index in [1.54, 1.807) is 48.3 Å². The highest BCUT2D eigenvalue weighted by molar-refractivity contribution is 7.99. The fourth-order valence-electron chi connectivity index (χ4n) is 3.25. The van der Waals surface area contributed by atoms with Crippen molar-refractivity contribution >= 4 is 56.0 Å². The van der Waals surface area contributed by atoms with E-state index in [0.29, 0.717) is 38.8 Å². The Morgan fingerprint density at radius 1 is 1.19 bits per heavy atom. The SMILES string of the molecule is COc1ccc(Cl)c2sc(N(Cc3ccncc3)C(=O)c3cccc(SC(C)C)c3)nc12. The van der Waals surface area contributed by atoms with Crippen LogP contribution in [0.2, 0.25) is 5.02 Å². The van der Waals surface area contributed by atoms with Crippen LogP contribution in [0.5, 0.6) is 5.75 Å². The van der Waals surface area contributed by atoms with Crippen LogP contribution in [0, 0.1) is 0 Å². The van der Waals surface area contributed by atoms with Gasteiger partial charge in [-0.3, -0.25) is 14.7 Å². The number of fused-ring (bicyclic) bond motifs is 1. The van der Waals surface area contributed by atoms with Gasteiger partial charge in [0.2, 0.25) is 0 Å². The largest absolute Gasteiger partial charge is 0.494 e. The fourth-order valence-corrected chi connectivity index (χ4v) is 5.40. The molecule has 2 heterocycles. The Balaban J connectivity index is 1.78. The first-order chi connectivity index (χ1) is 15.5. The normalized spacial score (nSPS) is 11.2. The average Bonchev–Trinajstić information content (AvgIpc) is 3.24. The van der Waals surface area contributed by atoms with Crippen LogP contribution in [0.25, 0.3) is 10.2 Å². The number of thiazole rings is 1. The van der Waals surface area contributed by atoms with E-state index < -0.39 is 0 Å². The summed E-state index contributed by atoms with van der Waals surface area (Å²) in [5, 5.41) is 1.57. The maximum Gasteiger partial charge on any atom is 0.260 e. The van der Waals surface area contributed by atoms with Gasteiger partial charge in [0.15, 0.2) is 5.13 Å². The lowest BCUT2D eigenvalue weighted by molar-refractivity contribution is 0.0985. The van der Waals surface area contributed by atoms with Crippen LogP contribution in [-0.2, 0) is 6.54 Å². The highest BCUT2D eigenvalue weighted by atomic mass is 35.5. The molecule has 0 spiro atoms. The molecule has 1 amide bonds. The molecular weight excluding hydrogens is 462 g/mol. The van der Waals surface area contributed by atoms with Crippen LogP contribution in [0.4, 0.5) is 5.13 Å². The standard InChI is InChI=1S/C24H22ClN3O2S2/c1-15(2)31-18-6-4-5-17(13-18)23(29)28(14-16-9-11-26-12-10-16)24-27-21-20(30-3)8-7-19(25)22(21)32-24/h4-13,15H,14H2,1-3H3. The lowest BCUT2D eigenvalue weighted by Gasteiger charge is -2.20. The van der Waals surface area contributed by atoms with E-state index in [1.165, 1.54) is 11.3 Å². The van der Waals surface area contributed by atoms with E-state index in [0.717, 1.165) is 15.2 Å². The number of ether oxygens (including phenoxy) is 1. The quantitative estimate of drug-likeness (QED) is 0.274. The first-order valence-corrected chi connectivity index (χ1v) is 12.1. The molecule has 2 aromatic heterocycles. The van der Waals surface area contributed by atoms with Crippen LogP contribution >= 0.6 is 34.7 Å². The summed E-state index contributed by atoms with van der Waals surface area (Å²) >= 11 is 9.54. The molecule has 0 fully saturated rings. The van der Waals surface area contributed by atoms with Crippen molar-refractivity contribution in [3.8, 4) is 5.75 Å². The Labute approximate surface area is 200 Å². The molecule has 0 N–H and O–H groups in total. The summed E-state index contributed by atoms with van der Waals surface area (Å²) in [6.07, 6.45) is 3.44. The molecule has 0 unspecified atom stereocenters. The maximum atomic E-state index is 13.7. The molecular formula is C24H22ClN3O2S2. The lowest BCUT2D eigenvalue weighted by atomic mass is 10.2. The van der Waals surface area contributed by atoms with Crippen molar-refractivity contribution in [3.05, 3.63) is 77.1 Å². The van der Waals surface area contributed by atoms with Gasteiger partial charge in [-0.05, 0) is 48.0 Å². The molecule has 0 saturated carbocycles. The van der Waals surface area contributed by atoms with Crippen molar-refractivity contribution in [2.45, 2.75) is 30.5 Å². The zero-order valence-electron chi connectivity index (χ0n) is 17.9. The van der Waals surface area contributed by atoms with Gasteiger partial charge in [-0.2, -0.15) is 0 Å². The molecule has 32 heavy (non-hydrogen) atoms. The van der Waals surface area contributed by atoms with Gasteiger partial charge < -0.3 is 4.74 Å². The Morgan fingerprint density at radius 3 is 2.69 bits per heavy atom. The fraction of sp³-hybridized carbons (Fsp3) is 0.208. The molecule has 4 aromatic rings. The summed E-state index contributed by atoms with van der Waals surface area (Å²) in [5.74, 6) is 0.501. The van der Waals surface area contributed by atoms with E-state index in [9.17, 15) is 4.79 Å². The minimum absolute atomic E-state index is 0.123. The second-order valence-electron chi connectivity index (χ2n) is 7.37. The third-order valence-corrected chi connectivity index (χ3v) is 7.22. The van der Waals surface area contributed by atoms with Crippen molar-refractivity contribution < 1.29 is 9.53 Å². The van der Waals surface area contributed by atoms with Crippen molar-refractivity contribution in [3.63, 3.8) is 0 Å². The number of aromatic nitrogens is 2. The number of halogens is 1. The zero-order chi connectivity index (χ0) is 22.7. The number of methoxy groups -OCH3 is 1. The summed E-state index contributed by atoms with van der Waals surface area (Å²) in [6.45, 7) is 4.63. The van der Waals surface area contributed by atoms with Crippen LogP contribution < -0.4 is 9.64 Å². The summed E-state index contributed by atoms with van der Waals surface area (Å²) in [6, 6.07) is 15.1. The number of pyridine rings is 1. The van der Waals surface area contributed by atoms with Crippen LogP contribution in [0.1, 0.15) is 29.8 Å². The smallest absolute Gasteiger partial charge is 0.260 e. The number of hydrogen-bond donors (Lipinski definition) is 0. The number of carbonyl (C=O) groups is 1. The summed E-state index contributed by atoms with van der Waals surface area (Å²) < 4.78 is 6.25. The molecule has 8 heteroatoms. The first kappa shape index (κ1) is 22.6. The van der Waals surface area contributed by atoms with Gasteiger partial charge in [0.05, 0.1) is 23.4 Å². The number of hydrogen-bond acceptors (Lipinski definition) is 6. The van der Waals surface area contributed by atoms with Crippen molar-refractivity contribution in [1.29, 1.82) is 0 Å². The second-order valence-corrected chi connectivity index (χ2v) is 10.4. The van der Waals surface area contributed by atoms with Crippen molar-refractivity contribution in [1.82, 2.24) is 9.97 Å². The number of nitrogens with zero attached hydrogens (tertiary/aromatic N) is 3. The number of carbonyl (C=O) groups excluding carboxylic acids is 1. The Kier molecular flexibility index (Phi) is 6.98. The van der Waals surface area contributed by atoms with Gasteiger partial charge in [0.25, 0.3) is 5.91 Å². The minimum Gasteiger partial charge on any atom is -0.494 e. The van der Waals surface area contributed by atoms with Crippen molar-refractivity contribution in [2.24, 2.45) is 0 Å². The molecule has 0 bridgehead atoms. The predicted octanol–water partition coefficient (Wildman–Crippen LogP) is 6.70. The summed E-state index contributed by atoms with van der Waals surface area (Å²) in [5.41, 5.74) is 2.22. The van der Waals surface area contributed by atoms with Gasteiger partial charge in [-0.15, -0.1) is 11.8 Å². The summed E-state index contributed by atoms with van der Waals surface area (Å²) in [7, 11) is 1.60. The van der Waals surface area contributed by atoms with Gasteiger partial charge in [-0.25, -0.2) is 4.98 Å². The molecule has 0 saturated heterocycles. The molecule has 2 aromatic carbocycles. The van der Waals surface area contributed by atoms with Crippen LogP contribution in [0.3, 0.4) is 0 Å². The zero-order valence-corrected chi connectivity index (χ0v) is 20.3. The molecule has 5 nitrogen and oxygen atoms in total. The topological polar surface area (TPSA) is 55.3 Å². The molecule has 0 aliphatic rings. The van der Waals surface area contributed by atoms with Crippen LogP contribution in [-0.4, -0.2) is 28.2 Å². The molecule has 0 radical (unpaired) electrons. The predicted molar refractivity (Wildman–Crippen MR) is 133 cm³/mol. The van der Waals surface area contributed by atoms with E-state index in [2.05, 4.69) is 18.8 Å². The molecule has 164 valence electrons. The van der Waals surface area contributed by atoms with Gasteiger partial charge >= 0.3 is 0 Å². The van der Waals surface area contributed by atoms with Gasteiger partial charge in [0.1, 0.15) is 11.3 Å². The Bertz CT molecular complexity index is 1240. The average molecular weight is 484 g/mol. The van der Waals surface area contributed by atoms with Crippen molar-refractivity contribution in [2.75, 3.05) is 12.0 Å². The molecule has 0 aliphatic carbocycles. The van der Waals surface area contributed by atoms with E-state index in [-0.39, 0.29) is 5.91 Å². The highest BCUT2D eigenvalue weighted by Crippen LogP contribution is 2.39. The van der Waals surface area contributed by atoms with Gasteiger partial charge in [0, 0.05) is 28.1 Å². The molecule has 4 rings (SSSR count). The highest BCUT2D eigenvalue weighted by Gasteiger charge is 2.24. The number of benzene rings is 2. The van der Waals surface area contributed by atoms with Crippen LogP contribution in [0.15, 0.2) is 65.8 Å². The summed E-state index contributed by atoms with van der Waals surface area (Å²) in [4.78, 5) is 25.3. The second kappa shape index (κ2) is 9.90. The third-order valence-electron chi connectivity index (χ3n) is 4.69. The first-order valence-electron chi connectivity index (χ1n) is 10.1. The monoisotopic (exact) mass is 483 g/mol. The molecule has 0 atom stereocenters. The third kappa shape index (κ3) is 4.90. The maximum absolute atomic E-state index is 13.7. The number of rotatable bonds is 7. The van der Waals surface area contributed by atoms with E-state index in [1.807, 2.05) is 36.4 Å². The van der Waals surface area contributed by atoms with E-state index >= 15 is 0 Å². The minimum atomic E-state index is -0.123. The number of amides is 1. The Hall–Kier alpha value is -2.61. The Morgan fingerprint density at radius 2 is 1.97 bits per heavy atom. The number of thioether (sulfide) groups is 1.